The standard InChI is InChI=1S/C52H44N6/c1-51(2)29-7-5-19-45(51)57-47(55-43-17-11-31-53-49(43)57)38-27-25-36(26-28-38)35-21-23-37(24-22-35)39-13-9-14-40(33-39)41-15-10-16-42(34-41)48-56-44-18-12-32-54-50(44)58(48)46-20-6-8-30-52(46,3)4/h5-34,45-46H,1-4H3. The summed E-state index contributed by atoms with van der Waals surface area (Å²) in [4.78, 5) is 19.8. The molecule has 58 heavy (non-hydrogen) atoms. The Hall–Kier alpha value is -6.92. The number of rotatable bonds is 7. The predicted octanol–water partition coefficient (Wildman–Crippen LogP) is 12.9. The van der Waals surface area contributed by atoms with Crippen LogP contribution in [0.2, 0.25) is 0 Å². The molecular formula is C52H44N6. The minimum atomic E-state index is -0.0977. The molecular weight excluding hydrogens is 709 g/mol. The molecule has 4 aromatic carbocycles. The number of benzene rings is 4. The Morgan fingerprint density at radius 1 is 0.414 bits per heavy atom. The Kier molecular flexibility index (Phi) is 8.52. The van der Waals surface area contributed by atoms with Gasteiger partial charge in [-0.3, -0.25) is 0 Å². The summed E-state index contributed by atoms with van der Waals surface area (Å²) in [5.41, 5.74) is 12.5. The van der Waals surface area contributed by atoms with Crippen LogP contribution in [-0.2, 0) is 0 Å². The molecule has 0 N–H and O–H groups in total. The van der Waals surface area contributed by atoms with Gasteiger partial charge in [-0.2, -0.15) is 0 Å². The molecule has 8 aromatic rings. The van der Waals surface area contributed by atoms with Crippen LogP contribution in [0.25, 0.3) is 78.5 Å². The fraction of sp³-hybridized carbons (Fsp3) is 0.154. The number of pyridine rings is 2. The fourth-order valence-electron chi connectivity index (χ4n) is 8.65. The highest BCUT2D eigenvalue weighted by molar-refractivity contribution is 5.82. The summed E-state index contributed by atoms with van der Waals surface area (Å²) in [6.07, 6.45) is 21.3. The lowest BCUT2D eigenvalue weighted by Gasteiger charge is -2.33. The van der Waals surface area contributed by atoms with Crippen molar-refractivity contribution in [2.75, 3.05) is 0 Å². The molecule has 0 bridgehead atoms. The maximum atomic E-state index is 5.15. The van der Waals surface area contributed by atoms with Gasteiger partial charge >= 0.3 is 0 Å². The van der Waals surface area contributed by atoms with Gasteiger partial charge in [-0.25, -0.2) is 19.9 Å². The molecule has 2 aliphatic rings. The second-order valence-corrected chi connectivity index (χ2v) is 16.6. The van der Waals surface area contributed by atoms with E-state index in [-0.39, 0.29) is 22.9 Å². The van der Waals surface area contributed by atoms with E-state index in [0.717, 1.165) is 61.8 Å². The maximum Gasteiger partial charge on any atom is 0.160 e. The molecule has 0 saturated heterocycles. The topological polar surface area (TPSA) is 61.4 Å². The first kappa shape index (κ1) is 35.5. The molecule has 4 heterocycles. The van der Waals surface area contributed by atoms with Crippen molar-refractivity contribution in [3.05, 3.63) is 182 Å². The summed E-state index contributed by atoms with van der Waals surface area (Å²) >= 11 is 0. The second-order valence-electron chi connectivity index (χ2n) is 16.6. The Labute approximate surface area is 339 Å². The molecule has 10 rings (SSSR count). The monoisotopic (exact) mass is 752 g/mol. The van der Waals surface area contributed by atoms with Gasteiger partial charge in [0.2, 0.25) is 0 Å². The van der Waals surface area contributed by atoms with E-state index in [1.807, 2.05) is 30.6 Å². The van der Waals surface area contributed by atoms with E-state index in [1.165, 1.54) is 16.7 Å². The lowest BCUT2D eigenvalue weighted by Crippen LogP contribution is -2.26. The molecule has 6 heteroatoms. The van der Waals surface area contributed by atoms with Gasteiger partial charge in [0.15, 0.2) is 11.3 Å². The normalized spacial score (nSPS) is 18.0. The van der Waals surface area contributed by atoms with Gasteiger partial charge in [0.05, 0.1) is 12.1 Å². The van der Waals surface area contributed by atoms with Gasteiger partial charge < -0.3 is 9.13 Å². The van der Waals surface area contributed by atoms with Crippen molar-refractivity contribution in [1.29, 1.82) is 0 Å². The minimum absolute atomic E-state index is 0.0807. The van der Waals surface area contributed by atoms with Crippen LogP contribution in [0.15, 0.2) is 182 Å². The van der Waals surface area contributed by atoms with E-state index in [9.17, 15) is 0 Å². The zero-order chi connectivity index (χ0) is 39.4. The van der Waals surface area contributed by atoms with Gasteiger partial charge in [0.25, 0.3) is 0 Å². The van der Waals surface area contributed by atoms with Crippen molar-refractivity contribution >= 4 is 22.3 Å². The molecule has 6 nitrogen and oxygen atoms in total. The summed E-state index contributed by atoms with van der Waals surface area (Å²) in [5.74, 6) is 1.85. The average Bonchev–Trinajstić information content (AvgIpc) is 3.83. The Bertz CT molecular complexity index is 2950. The van der Waals surface area contributed by atoms with Crippen molar-refractivity contribution in [2.45, 2.75) is 39.8 Å². The fourth-order valence-corrected chi connectivity index (χ4v) is 8.65. The van der Waals surface area contributed by atoms with Crippen LogP contribution in [-0.4, -0.2) is 29.1 Å². The van der Waals surface area contributed by atoms with E-state index in [1.54, 1.807) is 0 Å². The average molecular weight is 753 g/mol. The zero-order valence-corrected chi connectivity index (χ0v) is 33.2. The summed E-state index contributed by atoms with van der Waals surface area (Å²) in [5, 5.41) is 0. The summed E-state index contributed by atoms with van der Waals surface area (Å²) < 4.78 is 4.60. The molecule has 0 spiro atoms. The third-order valence-electron chi connectivity index (χ3n) is 11.9. The SMILES string of the molecule is CC1(C)C=CC=CC1n1c(-c2ccc(-c3ccc(-c4cccc(-c5cccc(-c6nc7cccnc7n6C6C=CC=CC6(C)C)c5)c4)cc3)cc2)nc2cccnc21. The number of imidazole rings is 2. The molecule has 0 amide bonds. The smallest absolute Gasteiger partial charge is 0.160 e. The van der Waals surface area contributed by atoms with Crippen molar-refractivity contribution in [1.82, 2.24) is 29.1 Å². The van der Waals surface area contributed by atoms with Gasteiger partial charge in [0, 0.05) is 34.4 Å². The van der Waals surface area contributed by atoms with Gasteiger partial charge in [0.1, 0.15) is 22.7 Å². The number of nitrogens with zero attached hydrogens (tertiary/aromatic N) is 6. The predicted molar refractivity (Wildman–Crippen MR) is 238 cm³/mol. The van der Waals surface area contributed by atoms with E-state index < -0.39 is 0 Å². The van der Waals surface area contributed by atoms with E-state index >= 15 is 0 Å². The third kappa shape index (κ3) is 6.22. The first-order valence-corrected chi connectivity index (χ1v) is 20.0. The van der Waals surface area contributed by atoms with E-state index in [2.05, 4.69) is 189 Å². The van der Waals surface area contributed by atoms with Crippen LogP contribution in [0.4, 0.5) is 0 Å². The van der Waals surface area contributed by atoms with Crippen LogP contribution < -0.4 is 0 Å². The molecule has 0 radical (unpaired) electrons. The van der Waals surface area contributed by atoms with Crippen LogP contribution in [0, 0.1) is 10.8 Å². The first-order valence-electron chi connectivity index (χ1n) is 20.0. The number of hydrogen-bond donors (Lipinski definition) is 0. The third-order valence-corrected chi connectivity index (χ3v) is 11.9. The molecule has 4 aromatic heterocycles. The van der Waals surface area contributed by atoms with Gasteiger partial charge in [-0.1, -0.05) is 161 Å². The van der Waals surface area contributed by atoms with Crippen LogP contribution in [0.3, 0.4) is 0 Å². The Morgan fingerprint density at radius 3 is 1.29 bits per heavy atom. The number of hydrogen-bond acceptors (Lipinski definition) is 4. The highest BCUT2D eigenvalue weighted by Crippen LogP contribution is 2.43. The van der Waals surface area contributed by atoms with Crippen molar-refractivity contribution in [2.24, 2.45) is 10.8 Å². The lowest BCUT2D eigenvalue weighted by atomic mass is 9.81. The molecule has 2 aliphatic carbocycles. The van der Waals surface area contributed by atoms with Crippen LogP contribution in [0.1, 0.15) is 39.8 Å². The molecule has 0 saturated carbocycles. The summed E-state index contributed by atoms with van der Waals surface area (Å²) in [6.45, 7) is 9.07. The number of aromatic nitrogens is 6. The number of fused-ring (bicyclic) bond motifs is 2. The lowest BCUT2D eigenvalue weighted by molar-refractivity contribution is 0.342. The summed E-state index contributed by atoms with van der Waals surface area (Å²) in [7, 11) is 0. The Morgan fingerprint density at radius 2 is 0.810 bits per heavy atom. The van der Waals surface area contributed by atoms with Crippen molar-refractivity contribution in [3.8, 4) is 56.2 Å². The maximum absolute atomic E-state index is 5.15. The molecule has 0 fully saturated rings. The molecule has 282 valence electrons. The highest BCUT2D eigenvalue weighted by atomic mass is 15.2. The zero-order valence-electron chi connectivity index (χ0n) is 33.2. The Balaban J connectivity index is 0.932. The molecule has 0 aliphatic heterocycles. The van der Waals surface area contributed by atoms with Gasteiger partial charge in [-0.05, 0) is 69.8 Å². The quantitative estimate of drug-likeness (QED) is 0.163. The van der Waals surface area contributed by atoms with E-state index in [4.69, 9.17) is 19.9 Å². The van der Waals surface area contributed by atoms with E-state index in [0.29, 0.717) is 0 Å². The van der Waals surface area contributed by atoms with Crippen molar-refractivity contribution < 1.29 is 0 Å². The highest BCUT2D eigenvalue weighted by Gasteiger charge is 2.33. The number of allylic oxidation sites excluding steroid dienone is 8. The van der Waals surface area contributed by atoms with Crippen LogP contribution >= 0.6 is 0 Å². The molecule has 2 unspecified atom stereocenters. The largest absolute Gasteiger partial charge is 0.301 e. The van der Waals surface area contributed by atoms with Crippen molar-refractivity contribution in [3.63, 3.8) is 0 Å². The van der Waals surface area contributed by atoms with Gasteiger partial charge in [-0.15, -0.1) is 0 Å². The summed E-state index contributed by atoms with van der Waals surface area (Å²) in [6, 6.07) is 43.4. The second kappa shape index (κ2) is 13.9. The minimum Gasteiger partial charge on any atom is -0.301 e. The molecule has 2 atom stereocenters. The first-order chi connectivity index (χ1) is 28.2. The van der Waals surface area contributed by atoms with Crippen LogP contribution in [0.5, 0.6) is 0 Å².